The Kier molecular flexibility index (Phi) is 15.8. The van der Waals surface area contributed by atoms with Crippen LogP contribution in [-0.4, -0.2) is 80.8 Å². The molecule has 212 valence electrons. The van der Waals surface area contributed by atoms with Gasteiger partial charge in [0.1, 0.15) is 12.1 Å². The number of hydrogen-bond acceptors (Lipinski definition) is 8. The maximum Gasteiger partial charge on any atom is 0.306 e. The third-order valence-electron chi connectivity index (χ3n) is 5.62. The van der Waals surface area contributed by atoms with E-state index in [1.807, 2.05) is 6.07 Å². The fourth-order valence-corrected chi connectivity index (χ4v) is 4.05. The maximum atomic E-state index is 13.2. The molecule has 0 unspecified atom stereocenters. The molecule has 0 aliphatic rings. The van der Waals surface area contributed by atoms with Gasteiger partial charge in [0.05, 0.1) is 31.1 Å². The molecule has 0 aliphatic heterocycles. The van der Waals surface area contributed by atoms with Crippen LogP contribution in [0.1, 0.15) is 38.7 Å². The van der Waals surface area contributed by atoms with E-state index < -0.39 is 60.4 Å². The van der Waals surface area contributed by atoms with E-state index in [1.54, 1.807) is 44.2 Å². The van der Waals surface area contributed by atoms with Crippen molar-refractivity contribution in [3.8, 4) is 0 Å². The van der Waals surface area contributed by atoms with E-state index in [1.165, 1.54) is 6.08 Å². The normalized spacial score (nSPS) is 15.3. The zero-order chi connectivity index (χ0) is 28.7. The molecule has 0 bridgehead atoms. The topological polar surface area (TPSA) is 165 Å². The Labute approximate surface area is 234 Å². The number of carboxylic acids is 1. The monoisotopic (exact) mass is 569 g/mol. The molecule has 6 N–H and O–H groups in total. The predicted molar refractivity (Wildman–Crippen MR) is 151 cm³/mol. The molecule has 10 nitrogen and oxygen atoms in total. The summed E-state index contributed by atoms with van der Waals surface area (Å²) in [5, 5.41) is 37.1. The Balaban J connectivity index is 2.97. The Morgan fingerprint density at radius 3 is 2.11 bits per heavy atom. The highest BCUT2D eigenvalue weighted by atomic mass is 32.1. The lowest BCUT2D eigenvalue weighted by Gasteiger charge is -2.29. The molecule has 1 rings (SSSR count). The molecular formula is C26H39N3O7S2. The fourth-order valence-electron chi connectivity index (χ4n) is 3.64. The van der Waals surface area contributed by atoms with Gasteiger partial charge in [-0.1, -0.05) is 56.3 Å². The average Bonchev–Trinajstić information content (AvgIpc) is 2.85. The molecular weight excluding hydrogens is 530 g/mol. The van der Waals surface area contributed by atoms with Crippen LogP contribution in [0.4, 0.5) is 0 Å². The van der Waals surface area contributed by atoms with Gasteiger partial charge in [-0.25, -0.2) is 0 Å². The van der Waals surface area contributed by atoms with Gasteiger partial charge in [-0.2, -0.15) is 25.3 Å². The van der Waals surface area contributed by atoms with E-state index in [9.17, 15) is 29.4 Å². The first-order valence-electron chi connectivity index (χ1n) is 12.4. The van der Waals surface area contributed by atoms with Crippen molar-refractivity contribution in [3.05, 3.63) is 48.0 Å². The smallest absolute Gasteiger partial charge is 0.306 e. The van der Waals surface area contributed by atoms with E-state index >= 15 is 0 Å². The van der Waals surface area contributed by atoms with Crippen LogP contribution < -0.4 is 16.0 Å². The first kappa shape index (κ1) is 33.5. The number of carbonyl (C=O) groups excluding carboxylic acids is 3. The van der Waals surface area contributed by atoms with Crippen molar-refractivity contribution in [3.63, 3.8) is 0 Å². The van der Waals surface area contributed by atoms with Crippen LogP contribution in [0.25, 0.3) is 0 Å². The van der Waals surface area contributed by atoms with Crippen LogP contribution in [-0.2, 0) is 25.6 Å². The summed E-state index contributed by atoms with van der Waals surface area (Å²) in [6.07, 6.45) is 0.815. The first-order valence-corrected chi connectivity index (χ1v) is 13.6. The molecule has 0 radical (unpaired) electrons. The lowest BCUT2D eigenvalue weighted by molar-refractivity contribution is -0.140. The van der Waals surface area contributed by atoms with Gasteiger partial charge < -0.3 is 31.3 Å². The Morgan fingerprint density at radius 2 is 1.55 bits per heavy atom. The van der Waals surface area contributed by atoms with Crippen molar-refractivity contribution in [2.45, 2.75) is 69.9 Å². The molecule has 0 aromatic heterocycles. The van der Waals surface area contributed by atoms with E-state index in [0.717, 1.165) is 5.56 Å². The van der Waals surface area contributed by atoms with Crippen LogP contribution in [0, 0.1) is 5.92 Å². The van der Waals surface area contributed by atoms with Crippen molar-refractivity contribution in [1.29, 1.82) is 0 Å². The van der Waals surface area contributed by atoms with Crippen molar-refractivity contribution in [1.82, 2.24) is 16.0 Å². The lowest BCUT2D eigenvalue weighted by atomic mass is 9.96. The summed E-state index contributed by atoms with van der Waals surface area (Å²) >= 11 is 8.25. The van der Waals surface area contributed by atoms with Gasteiger partial charge >= 0.3 is 5.97 Å². The number of aliphatic hydroxyl groups excluding tert-OH is 2. The van der Waals surface area contributed by atoms with Gasteiger partial charge in [0.2, 0.25) is 17.7 Å². The largest absolute Gasteiger partial charge is 0.481 e. The van der Waals surface area contributed by atoms with Crippen LogP contribution >= 0.6 is 25.3 Å². The Morgan fingerprint density at radius 1 is 0.921 bits per heavy atom. The number of benzene rings is 1. The number of nitrogens with one attached hydrogen (secondary N) is 3. The van der Waals surface area contributed by atoms with Crippen LogP contribution in [0.2, 0.25) is 0 Å². The van der Waals surface area contributed by atoms with Crippen LogP contribution in [0.3, 0.4) is 0 Å². The van der Waals surface area contributed by atoms with Gasteiger partial charge in [0.25, 0.3) is 0 Å². The van der Waals surface area contributed by atoms with Crippen molar-refractivity contribution in [2.75, 3.05) is 11.5 Å². The number of aliphatic carboxylic acids is 1. The van der Waals surface area contributed by atoms with Gasteiger partial charge in [-0.3, -0.25) is 19.2 Å². The maximum absolute atomic E-state index is 13.2. The minimum absolute atomic E-state index is 0.0852. The number of rotatable bonds is 17. The van der Waals surface area contributed by atoms with E-state index in [-0.39, 0.29) is 24.5 Å². The third kappa shape index (κ3) is 12.8. The summed E-state index contributed by atoms with van der Waals surface area (Å²) in [7, 11) is 0. The van der Waals surface area contributed by atoms with Gasteiger partial charge in [0.15, 0.2) is 0 Å². The molecule has 0 saturated carbocycles. The highest BCUT2D eigenvalue weighted by Gasteiger charge is 2.31. The molecule has 0 aliphatic carbocycles. The molecule has 0 spiro atoms. The summed E-state index contributed by atoms with van der Waals surface area (Å²) in [4.78, 5) is 49.7. The molecule has 0 saturated heterocycles. The number of aliphatic hydroxyl groups is 2. The van der Waals surface area contributed by atoms with Gasteiger partial charge in [-0.05, 0) is 23.7 Å². The quantitative estimate of drug-likeness (QED) is 0.101. The number of carbonyl (C=O) groups is 4. The molecule has 0 heterocycles. The second-order valence-electron chi connectivity index (χ2n) is 9.21. The number of amides is 3. The third-order valence-corrected chi connectivity index (χ3v) is 6.25. The zero-order valence-electron chi connectivity index (χ0n) is 21.6. The lowest BCUT2D eigenvalue weighted by Crippen LogP contribution is -2.58. The number of allylic oxidation sites excluding steroid dienone is 1. The average molecular weight is 570 g/mol. The number of hydrogen-bond donors (Lipinski definition) is 8. The van der Waals surface area contributed by atoms with E-state index in [4.69, 9.17) is 5.11 Å². The second kappa shape index (κ2) is 17.9. The Hall–Kier alpha value is -2.54. The standard InChI is InChI=1S/C26H39N3O7S2/c1-16(2)24(21(31)14-23(33)34)29-26(36)20(15-38)28-25(35)19(12-17-8-4-3-5-9-17)27-22(32)13-18(30)10-6-7-11-37/h3-6,8-10,16,18-21,24,30-31,37-38H,7,11-15H2,1-2H3,(H,27,32)(H,28,35)(H,29,36)(H,33,34)/b10-6+/t18-,19-,20-,21+,24-/m1/s1. The van der Waals surface area contributed by atoms with Gasteiger partial charge in [-0.15, -0.1) is 0 Å². The second-order valence-corrected chi connectivity index (χ2v) is 10.0. The minimum Gasteiger partial charge on any atom is -0.481 e. The Bertz CT molecular complexity index is 931. The molecule has 38 heavy (non-hydrogen) atoms. The van der Waals surface area contributed by atoms with Crippen molar-refractivity contribution in [2.24, 2.45) is 5.92 Å². The molecule has 12 heteroatoms. The summed E-state index contributed by atoms with van der Waals surface area (Å²) in [5.74, 6) is -2.81. The molecule has 5 atom stereocenters. The minimum atomic E-state index is -1.33. The summed E-state index contributed by atoms with van der Waals surface area (Å²) in [5.41, 5.74) is 0.769. The zero-order valence-corrected chi connectivity index (χ0v) is 23.4. The summed E-state index contributed by atoms with van der Waals surface area (Å²) < 4.78 is 0. The summed E-state index contributed by atoms with van der Waals surface area (Å²) in [6, 6.07) is 5.95. The molecule has 0 fully saturated rings. The predicted octanol–water partition coefficient (Wildman–Crippen LogP) is 0.732. The number of carboxylic acid groups (broad SMARTS) is 1. The van der Waals surface area contributed by atoms with Crippen molar-refractivity contribution < 1.29 is 34.5 Å². The SMILES string of the molecule is CC(C)[C@@H](NC(=O)[C@@H](CS)NC(=O)[C@@H](Cc1ccccc1)NC(=O)C[C@H](O)/C=C/CCS)[C@@H](O)CC(=O)O. The van der Waals surface area contributed by atoms with Gasteiger partial charge in [0, 0.05) is 12.2 Å². The van der Waals surface area contributed by atoms with Crippen LogP contribution in [0.15, 0.2) is 42.5 Å². The fraction of sp³-hybridized carbons (Fsp3) is 0.538. The number of thiol groups is 2. The molecule has 1 aromatic rings. The highest BCUT2D eigenvalue weighted by Crippen LogP contribution is 2.11. The molecule has 3 amide bonds. The summed E-state index contributed by atoms with van der Waals surface area (Å²) in [6.45, 7) is 3.44. The first-order chi connectivity index (χ1) is 18.0. The highest BCUT2D eigenvalue weighted by molar-refractivity contribution is 7.80. The molecule has 1 aromatic carbocycles. The van der Waals surface area contributed by atoms with E-state index in [0.29, 0.717) is 12.2 Å². The van der Waals surface area contributed by atoms with Crippen molar-refractivity contribution >= 4 is 48.9 Å². The van der Waals surface area contributed by atoms with Crippen LogP contribution in [0.5, 0.6) is 0 Å². The van der Waals surface area contributed by atoms with E-state index in [2.05, 4.69) is 41.2 Å².